The third kappa shape index (κ3) is 63.2. The molecule has 0 radical (unpaired) electrons. The van der Waals surface area contributed by atoms with Crippen molar-refractivity contribution >= 4 is 19.8 Å². The van der Waals surface area contributed by atoms with Crippen molar-refractivity contribution in [1.82, 2.24) is 0 Å². The molecule has 9 nitrogen and oxygen atoms in total. The van der Waals surface area contributed by atoms with Crippen molar-refractivity contribution in [2.75, 3.05) is 47.5 Å². The van der Waals surface area contributed by atoms with E-state index in [0.29, 0.717) is 17.4 Å². The minimum absolute atomic E-state index is 0.0275. The largest absolute Gasteiger partial charge is 0.756 e. The number of phosphoric ester groups is 1. The molecule has 0 heterocycles. The van der Waals surface area contributed by atoms with E-state index in [4.69, 9.17) is 18.5 Å². The van der Waals surface area contributed by atoms with Crippen LogP contribution in [-0.2, 0) is 32.7 Å². The molecule has 0 saturated carbocycles. The molecule has 0 aromatic heterocycles. The van der Waals surface area contributed by atoms with E-state index in [0.717, 1.165) is 57.8 Å². The average molecular weight is 1120 g/mol. The van der Waals surface area contributed by atoms with Crippen LogP contribution in [-0.4, -0.2) is 70.0 Å². The Morgan fingerprint density at radius 2 is 0.731 bits per heavy atom. The molecule has 10 heteroatoms. The number of hydrogen-bond acceptors (Lipinski definition) is 8. The number of nitrogens with zero attached hydrogens (tertiary/aromatic N) is 1. The Morgan fingerprint density at radius 1 is 0.410 bits per heavy atom. The van der Waals surface area contributed by atoms with Crippen LogP contribution in [0.15, 0.2) is 48.6 Å². The van der Waals surface area contributed by atoms with Gasteiger partial charge in [-0.25, -0.2) is 0 Å². The molecule has 0 saturated heterocycles. The molecule has 0 spiro atoms. The Bertz CT molecular complexity index is 1460. The minimum atomic E-state index is -4.63. The van der Waals surface area contributed by atoms with Crippen LogP contribution in [0, 0.1) is 0 Å². The zero-order valence-corrected chi connectivity index (χ0v) is 53.0. The molecule has 0 rings (SSSR count). The van der Waals surface area contributed by atoms with Crippen molar-refractivity contribution in [3.8, 4) is 0 Å². The first kappa shape index (κ1) is 76.0. The summed E-state index contributed by atoms with van der Waals surface area (Å²) < 4.78 is 34.2. The topological polar surface area (TPSA) is 111 Å². The molecule has 0 bridgehead atoms. The number of unbranched alkanes of at least 4 members (excludes halogenated alkanes) is 40. The number of hydrogen-bond donors (Lipinski definition) is 0. The summed E-state index contributed by atoms with van der Waals surface area (Å²) in [4.78, 5) is 37.9. The van der Waals surface area contributed by atoms with Gasteiger partial charge in [0.05, 0.1) is 27.7 Å². The molecule has 78 heavy (non-hydrogen) atoms. The van der Waals surface area contributed by atoms with Crippen molar-refractivity contribution in [3.63, 3.8) is 0 Å². The zero-order chi connectivity index (χ0) is 57.0. The summed E-state index contributed by atoms with van der Waals surface area (Å²) in [5.41, 5.74) is 0. The van der Waals surface area contributed by atoms with Crippen LogP contribution in [0.4, 0.5) is 0 Å². The highest BCUT2D eigenvalue weighted by Crippen LogP contribution is 2.38. The first-order valence-corrected chi connectivity index (χ1v) is 34.8. The summed E-state index contributed by atoms with van der Waals surface area (Å²) in [6, 6.07) is 0. The lowest BCUT2D eigenvalue weighted by Gasteiger charge is -2.28. The molecule has 0 amide bonds. The number of carbonyl (C=O) groups is 2. The van der Waals surface area contributed by atoms with Gasteiger partial charge in [0.2, 0.25) is 0 Å². The number of rotatable bonds is 62. The number of phosphoric acid groups is 1. The van der Waals surface area contributed by atoms with Gasteiger partial charge in [0.1, 0.15) is 19.8 Å². The second-order valence-corrected chi connectivity index (χ2v) is 25.2. The molecule has 0 aliphatic rings. The molecule has 0 aromatic rings. The third-order valence-corrected chi connectivity index (χ3v) is 15.8. The van der Waals surface area contributed by atoms with E-state index in [-0.39, 0.29) is 32.0 Å². The first-order chi connectivity index (χ1) is 38.0. The molecule has 0 N–H and O–H groups in total. The summed E-state index contributed by atoms with van der Waals surface area (Å²) in [6.45, 7) is 4.18. The Morgan fingerprint density at radius 3 is 1.09 bits per heavy atom. The lowest BCUT2D eigenvalue weighted by atomic mass is 10.0. The number of esters is 2. The van der Waals surface area contributed by atoms with Gasteiger partial charge >= 0.3 is 11.9 Å². The van der Waals surface area contributed by atoms with Crippen molar-refractivity contribution in [1.29, 1.82) is 0 Å². The van der Waals surface area contributed by atoms with Gasteiger partial charge < -0.3 is 27.9 Å². The Balaban J connectivity index is 3.93. The van der Waals surface area contributed by atoms with Gasteiger partial charge in [-0.2, -0.15) is 0 Å². The van der Waals surface area contributed by atoms with E-state index in [1.165, 1.54) is 231 Å². The predicted octanol–water partition coefficient (Wildman–Crippen LogP) is 20.6. The number of quaternary nitrogens is 1. The molecule has 0 aromatic carbocycles. The fourth-order valence-electron chi connectivity index (χ4n) is 9.77. The van der Waals surface area contributed by atoms with Crippen LogP contribution in [0.3, 0.4) is 0 Å². The quantitative estimate of drug-likeness (QED) is 0.0195. The maximum atomic E-state index is 12.8. The fourth-order valence-corrected chi connectivity index (χ4v) is 10.5. The van der Waals surface area contributed by atoms with E-state index in [9.17, 15) is 19.0 Å². The highest BCUT2D eigenvalue weighted by molar-refractivity contribution is 7.45. The van der Waals surface area contributed by atoms with Crippen LogP contribution in [0.5, 0.6) is 0 Å². The lowest BCUT2D eigenvalue weighted by molar-refractivity contribution is -0.870. The summed E-state index contributed by atoms with van der Waals surface area (Å²) in [6.07, 6.45) is 76.2. The van der Waals surface area contributed by atoms with Crippen LogP contribution >= 0.6 is 7.82 Å². The van der Waals surface area contributed by atoms with Crippen LogP contribution < -0.4 is 4.89 Å². The number of carbonyl (C=O) groups excluding carboxylic acids is 2. The van der Waals surface area contributed by atoms with Gasteiger partial charge in [-0.3, -0.25) is 14.2 Å². The summed E-state index contributed by atoms with van der Waals surface area (Å²) in [5.74, 6) is -0.813. The Hall–Kier alpha value is -2.03. The molecule has 2 unspecified atom stereocenters. The molecular formula is C68H128NO8P. The normalized spacial score (nSPS) is 13.5. The van der Waals surface area contributed by atoms with Crippen molar-refractivity contribution in [2.45, 2.75) is 328 Å². The highest BCUT2D eigenvalue weighted by atomic mass is 31.2. The fraction of sp³-hybridized carbons (Fsp3) is 0.853. The molecular weight excluding hydrogens is 990 g/mol. The standard InChI is InChI=1S/C68H128NO8P/c1-6-8-10-12-14-16-18-20-22-24-25-26-27-28-29-30-31-32-33-34-35-36-37-38-39-40-41-42-43-45-47-49-51-53-55-57-59-61-68(71)77-66(65-76-78(72,73)75-63-62-69(3,4)5)64-74-67(70)60-58-56-54-52-50-48-46-44-23-21-19-17-15-13-11-9-7-2/h8,10,14,16,20,22,25-26,66H,6-7,9,11-13,15,17-19,21,23-24,27-65H2,1-5H3/b10-8-,16-14-,22-20-,26-25-. The Kier molecular flexibility index (Phi) is 58.0. The van der Waals surface area contributed by atoms with E-state index in [1.807, 2.05) is 21.1 Å². The second kappa shape index (κ2) is 59.6. The maximum Gasteiger partial charge on any atom is 0.306 e. The van der Waals surface area contributed by atoms with Gasteiger partial charge in [0.15, 0.2) is 6.10 Å². The lowest BCUT2D eigenvalue weighted by Crippen LogP contribution is -2.37. The van der Waals surface area contributed by atoms with Crippen molar-refractivity contribution in [3.05, 3.63) is 48.6 Å². The Labute approximate surface area is 484 Å². The first-order valence-electron chi connectivity index (χ1n) is 33.3. The van der Waals surface area contributed by atoms with Gasteiger partial charge in [-0.05, 0) is 51.4 Å². The van der Waals surface area contributed by atoms with Gasteiger partial charge in [0.25, 0.3) is 7.82 Å². The van der Waals surface area contributed by atoms with E-state index in [1.54, 1.807) is 0 Å². The van der Waals surface area contributed by atoms with E-state index < -0.39 is 26.5 Å². The van der Waals surface area contributed by atoms with Gasteiger partial charge in [-0.1, -0.05) is 306 Å². The summed E-state index contributed by atoms with van der Waals surface area (Å²) in [7, 11) is 1.18. The number of allylic oxidation sites excluding steroid dienone is 8. The average Bonchev–Trinajstić information content (AvgIpc) is 3.41. The van der Waals surface area contributed by atoms with Crippen LogP contribution in [0.2, 0.25) is 0 Å². The predicted molar refractivity (Wildman–Crippen MR) is 333 cm³/mol. The SMILES string of the molecule is CC/C=C\C/C=C\C/C=C\C/C=C\CCCCCCCCCCCCCCCCCCCCCCCCCCC(=O)OC(COC(=O)CCCCCCCCCCCCCCCCCCC)COP(=O)([O-])OCC[N+](C)(C)C. The monoisotopic (exact) mass is 1120 g/mol. The molecule has 0 aliphatic carbocycles. The smallest absolute Gasteiger partial charge is 0.306 e. The van der Waals surface area contributed by atoms with E-state index in [2.05, 4.69) is 62.5 Å². The van der Waals surface area contributed by atoms with Crippen molar-refractivity contribution < 1.29 is 42.1 Å². The molecule has 2 atom stereocenters. The summed E-state index contributed by atoms with van der Waals surface area (Å²) in [5, 5.41) is 0. The number of ether oxygens (including phenoxy) is 2. The zero-order valence-electron chi connectivity index (χ0n) is 52.1. The van der Waals surface area contributed by atoms with Crippen molar-refractivity contribution in [2.24, 2.45) is 0 Å². The van der Waals surface area contributed by atoms with Gasteiger partial charge in [0, 0.05) is 12.8 Å². The number of likely N-dealkylation sites (N-methyl/N-ethyl adjacent to an activating group) is 1. The molecule has 0 aliphatic heterocycles. The maximum absolute atomic E-state index is 12.8. The van der Waals surface area contributed by atoms with Crippen LogP contribution in [0.25, 0.3) is 0 Å². The summed E-state index contributed by atoms with van der Waals surface area (Å²) >= 11 is 0. The minimum Gasteiger partial charge on any atom is -0.756 e. The van der Waals surface area contributed by atoms with Crippen LogP contribution in [0.1, 0.15) is 322 Å². The molecule has 458 valence electrons. The second-order valence-electron chi connectivity index (χ2n) is 23.8. The third-order valence-electron chi connectivity index (χ3n) is 14.9. The highest BCUT2D eigenvalue weighted by Gasteiger charge is 2.22. The van der Waals surface area contributed by atoms with Gasteiger partial charge in [-0.15, -0.1) is 0 Å². The van der Waals surface area contributed by atoms with E-state index >= 15 is 0 Å². The molecule has 0 fully saturated rings.